The van der Waals surface area contributed by atoms with Crippen LogP contribution in [0.25, 0.3) is 0 Å². The van der Waals surface area contributed by atoms with Crippen molar-refractivity contribution in [1.82, 2.24) is 4.31 Å². The predicted octanol–water partition coefficient (Wildman–Crippen LogP) is 0.159. The van der Waals surface area contributed by atoms with E-state index in [4.69, 9.17) is 4.55 Å². The van der Waals surface area contributed by atoms with Crippen LogP contribution in [0.3, 0.4) is 0 Å². The fourth-order valence-corrected chi connectivity index (χ4v) is 1.81. The van der Waals surface area contributed by atoms with Crippen LogP contribution in [0, 0.1) is 0 Å². The van der Waals surface area contributed by atoms with Crippen molar-refractivity contribution in [3.63, 3.8) is 0 Å². The highest BCUT2D eigenvalue weighted by Crippen LogP contribution is 2.11. The Bertz CT molecular complexity index is 482. The van der Waals surface area contributed by atoms with E-state index in [0.29, 0.717) is 5.56 Å². The minimum absolute atomic E-state index is 0.141. The van der Waals surface area contributed by atoms with Gasteiger partial charge in [0.1, 0.15) is 0 Å². The molecule has 0 saturated heterocycles. The van der Waals surface area contributed by atoms with Crippen LogP contribution >= 0.6 is 0 Å². The highest BCUT2D eigenvalue weighted by molar-refractivity contribution is 7.85. The fourth-order valence-electron chi connectivity index (χ4n) is 1.08. The molecular formula is C8H10NO5S2-. The first-order chi connectivity index (χ1) is 7.30. The summed E-state index contributed by atoms with van der Waals surface area (Å²) in [4.78, 5) is -0.220. The number of rotatable bonds is 4. The molecule has 1 aromatic carbocycles. The molecule has 0 radical (unpaired) electrons. The van der Waals surface area contributed by atoms with E-state index in [1.54, 1.807) is 0 Å². The molecule has 1 atom stereocenters. The van der Waals surface area contributed by atoms with E-state index in [-0.39, 0.29) is 11.4 Å². The Labute approximate surface area is 96.1 Å². The molecule has 1 aromatic rings. The molecule has 16 heavy (non-hydrogen) atoms. The van der Waals surface area contributed by atoms with Crippen LogP contribution in [-0.4, -0.2) is 33.1 Å². The first-order valence-corrected chi connectivity index (χ1v) is 6.65. The second-order valence-electron chi connectivity index (χ2n) is 3.12. The molecule has 0 aliphatic rings. The minimum atomic E-state index is -4.20. The molecule has 0 aromatic heterocycles. The summed E-state index contributed by atoms with van der Waals surface area (Å²) in [5.41, 5.74) is 0.624. The summed E-state index contributed by atoms with van der Waals surface area (Å²) >= 11 is -2.32. The molecule has 0 amide bonds. The molecule has 0 heterocycles. The van der Waals surface area contributed by atoms with Crippen molar-refractivity contribution in [3.05, 3.63) is 29.8 Å². The molecule has 1 N–H and O–H groups in total. The Hall–Kier alpha value is -0.800. The fraction of sp³-hybridized carbons (Fsp3) is 0.250. The lowest BCUT2D eigenvalue weighted by Crippen LogP contribution is -2.19. The monoisotopic (exact) mass is 264 g/mol. The van der Waals surface area contributed by atoms with Gasteiger partial charge in [0.25, 0.3) is 10.1 Å². The number of hydrogen-bond donors (Lipinski definition) is 1. The zero-order chi connectivity index (χ0) is 12.3. The van der Waals surface area contributed by atoms with E-state index in [0.717, 1.165) is 4.31 Å². The third-order valence-electron chi connectivity index (χ3n) is 1.88. The average molecular weight is 264 g/mol. The van der Waals surface area contributed by atoms with Crippen molar-refractivity contribution in [2.75, 3.05) is 7.05 Å². The first kappa shape index (κ1) is 13.3. The van der Waals surface area contributed by atoms with Gasteiger partial charge in [-0.25, -0.2) is 4.31 Å². The number of nitrogens with zero attached hydrogens (tertiary/aromatic N) is 1. The van der Waals surface area contributed by atoms with Crippen LogP contribution in [0.1, 0.15) is 5.56 Å². The van der Waals surface area contributed by atoms with Crippen molar-refractivity contribution in [3.8, 4) is 0 Å². The van der Waals surface area contributed by atoms with Crippen LogP contribution in [0.5, 0.6) is 0 Å². The molecule has 90 valence electrons. The van der Waals surface area contributed by atoms with Crippen molar-refractivity contribution < 1.29 is 21.7 Å². The highest BCUT2D eigenvalue weighted by Gasteiger charge is 2.08. The highest BCUT2D eigenvalue weighted by atomic mass is 32.2. The molecule has 0 fully saturated rings. The van der Waals surface area contributed by atoms with Crippen molar-refractivity contribution in [1.29, 1.82) is 0 Å². The third-order valence-corrected chi connectivity index (χ3v) is 3.39. The van der Waals surface area contributed by atoms with E-state index in [9.17, 15) is 17.2 Å². The zero-order valence-electron chi connectivity index (χ0n) is 8.36. The molecule has 1 rings (SSSR count). The van der Waals surface area contributed by atoms with Crippen LogP contribution in [0.4, 0.5) is 0 Å². The van der Waals surface area contributed by atoms with E-state index in [1.165, 1.54) is 31.3 Å². The predicted molar refractivity (Wildman–Crippen MR) is 56.6 cm³/mol. The quantitative estimate of drug-likeness (QED) is 0.617. The number of benzene rings is 1. The van der Waals surface area contributed by atoms with Gasteiger partial charge in [-0.3, -0.25) is 8.76 Å². The molecule has 1 unspecified atom stereocenters. The second kappa shape index (κ2) is 5.02. The maximum absolute atomic E-state index is 10.7. The summed E-state index contributed by atoms with van der Waals surface area (Å²) in [7, 11) is -2.81. The smallest absolute Gasteiger partial charge is 0.294 e. The van der Waals surface area contributed by atoms with Gasteiger partial charge in [-0.2, -0.15) is 8.42 Å². The van der Waals surface area contributed by atoms with E-state index in [1.807, 2.05) is 0 Å². The van der Waals surface area contributed by atoms with Gasteiger partial charge in [0.05, 0.1) is 4.90 Å². The molecule has 8 heteroatoms. The Morgan fingerprint density at radius 1 is 1.38 bits per heavy atom. The van der Waals surface area contributed by atoms with Gasteiger partial charge in [-0.05, 0) is 24.7 Å². The molecule has 0 aliphatic heterocycles. The summed E-state index contributed by atoms with van der Waals surface area (Å²) in [6.07, 6.45) is 0. The minimum Gasteiger partial charge on any atom is -0.760 e. The third kappa shape index (κ3) is 3.65. The maximum atomic E-state index is 10.7. The van der Waals surface area contributed by atoms with E-state index < -0.39 is 21.4 Å². The lowest BCUT2D eigenvalue weighted by molar-refractivity contribution is 0.430. The van der Waals surface area contributed by atoms with Crippen LogP contribution in [-0.2, 0) is 27.9 Å². The van der Waals surface area contributed by atoms with Gasteiger partial charge < -0.3 is 4.55 Å². The van der Waals surface area contributed by atoms with Crippen molar-refractivity contribution >= 4 is 21.4 Å². The Balaban J connectivity index is 2.84. The van der Waals surface area contributed by atoms with Gasteiger partial charge >= 0.3 is 0 Å². The summed E-state index contributed by atoms with van der Waals surface area (Å²) in [5.74, 6) is 0. The Morgan fingerprint density at radius 2 is 1.88 bits per heavy atom. The first-order valence-electron chi connectivity index (χ1n) is 4.17. The Morgan fingerprint density at radius 3 is 2.25 bits per heavy atom. The van der Waals surface area contributed by atoms with E-state index >= 15 is 0 Å². The SMILES string of the molecule is CN(Cc1ccc(S(=O)(=O)O)cc1)S(=O)[O-]. The molecule has 0 spiro atoms. The molecule has 0 bridgehead atoms. The summed E-state index contributed by atoms with van der Waals surface area (Å²) < 4.78 is 52.3. The largest absolute Gasteiger partial charge is 0.760 e. The normalized spacial score (nSPS) is 14.0. The summed E-state index contributed by atoms with van der Waals surface area (Å²) in [6.45, 7) is 0.141. The maximum Gasteiger partial charge on any atom is 0.294 e. The number of hydrogen-bond acceptors (Lipinski definition) is 4. The average Bonchev–Trinajstić information content (AvgIpc) is 2.17. The molecule has 6 nitrogen and oxygen atoms in total. The van der Waals surface area contributed by atoms with E-state index in [2.05, 4.69) is 0 Å². The van der Waals surface area contributed by atoms with Gasteiger partial charge in [0, 0.05) is 17.8 Å². The Kier molecular flexibility index (Phi) is 4.16. The van der Waals surface area contributed by atoms with Gasteiger partial charge in [-0.15, -0.1) is 0 Å². The van der Waals surface area contributed by atoms with Crippen molar-refractivity contribution in [2.24, 2.45) is 0 Å². The van der Waals surface area contributed by atoms with Gasteiger partial charge in [0.15, 0.2) is 0 Å². The van der Waals surface area contributed by atoms with Gasteiger partial charge in [0.2, 0.25) is 0 Å². The van der Waals surface area contributed by atoms with Crippen LogP contribution in [0.2, 0.25) is 0 Å². The summed E-state index contributed by atoms with van der Waals surface area (Å²) in [6, 6.07) is 5.30. The van der Waals surface area contributed by atoms with Crippen molar-refractivity contribution in [2.45, 2.75) is 11.4 Å². The van der Waals surface area contributed by atoms with Crippen LogP contribution in [0.15, 0.2) is 29.2 Å². The molecular weight excluding hydrogens is 254 g/mol. The summed E-state index contributed by atoms with van der Waals surface area (Å²) in [5, 5.41) is 0. The van der Waals surface area contributed by atoms with Crippen LogP contribution < -0.4 is 0 Å². The zero-order valence-corrected chi connectivity index (χ0v) is 9.99. The standard InChI is InChI=1S/C8H11NO5S2/c1-9(15(10)11)6-7-2-4-8(5-3-7)16(12,13)14/h2-5H,6H2,1H3,(H,10,11)(H,12,13,14)/p-1. The van der Waals surface area contributed by atoms with Gasteiger partial charge in [-0.1, -0.05) is 12.1 Å². The topological polar surface area (TPSA) is 97.7 Å². The lowest BCUT2D eigenvalue weighted by atomic mass is 10.2. The molecule has 0 aliphatic carbocycles. The molecule has 0 saturated carbocycles. The second-order valence-corrected chi connectivity index (χ2v) is 5.60. The lowest BCUT2D eigenvalue weighted by Gasteiger charge is -2.18.